The van der Waals surface area contributed by atoms with Gasteiger partial charge < -0.3 is 14.6 Å². The first-order chi connectivity index (χ1) is 12.1. The molecule has 0 aliphatic carbocycles. The Balaban J connectivity index is 1.76. The highest BCUT2D eigenvalue weighted by Crippen LogP contribution is 2.20. The van der Waals surface area contributed by atoms with Crippen molar-refractivity contribution in [3.8, 4) is 5.75 Å². The fourth-order valence-corrected chi connectivity index (χ4v) is 2.58. The second-order valence-corrected chi connectivity index (χ2v) is 5.66. The third-order valence-electron chi connectivity index (χ3n) is 3.78. The van der Waals surface area contributed by atoms with E-state index in [0.717, 1.165) is 11.3 Å². The van der Waals surface area contributed by atoms with Crippen LogP contribution >= 0.6 is 0 Å². The number of aromatic nitrogens is 2. The van der Waals surface area contributed by atoms with E-state index in [1.54, 1.807) is 13.1 Å². The van der Waals surface area contributed by atoms with Crippen LogP contribution in [0.2, 0.25) is 0 Å². The van der Waals surface area contributed by atoms with Gasteiger partial charge in [0.25, 0.3) is 5.91 Å². The van der Waals surface area contributed by atoms with E-state index in [0.29, 0.717) is 24.2 Å². The average molecular weight is 339 g/mol. The van der Waals surface area contributed by atoms with Gasteiger partial charge in [0.05, 0.1) is 17.4 Å². The third kappa shape index (κ3) is 3.68. The fraction of sp³-hybridized carbons (Fsp3) is 0.158. The summed E-state index contributed by atoms with van der Waals surface area (Å²) in [6.07, 6.45) is 3.12. The third-order valence-corrected chi connectivity index (χ3v) is 3.78. The number of fused-ring (bicyclic) bond motifs is 1. The lowest BCUT2D eigenvalue weighted by molar-refractivity contribution is 0.0786. The highest BCUT2D eigenvalue weighted by Gasteiger charge is 2.18. The summed E-state index contributed by atoms with van der Waals surface area (Å²) in [6, 6.07) is 9.99. The number of halogens is 1. The van der Waals surface area contributed by atoms with Gasteiger partial charge >= 0.3 is 0 Å². The number of carbonyl (C=O) groups excluding carboxylic acids is 1. The first-order valence-corrected chi connectivity index (χ1v) is 7.79. The summed E-state index contributed by atoms with van der Waals surface area (Å²) in [6.45, 7) is 4.43. The van der Waals surface area contributed by atoms with Crippen LogP contribution in [0.5, 0.6) is 5.75 Å². The Kier molecular flexibility index (Phi) is 4.79. The van der Waals surface area contributed by atoms with Crippen molar-refractivity contribution in [2.75, 3.05) is 13.7 Å². The zero-order chi connectivity index (χ0) is 17.8. The molecule has 0 saturated heterocycles. The van der Waals surface area contributed by atoms with E-state index < -0.39 is 5.82 Å². The molecule has 6 heteroatoms. The highest BCUT2D eigenvalue weighted by molar-refractivity contribution is 6.04. The zero-order valence-electron chi connectivity index (χ0n) is 13.8. The lowest BCUT2D eigenvalue weighted by atomic mass is 10.1. The molecule has 2 aromatic carbocycles. The van der Waals surface area contributed by atoms with Crippen LogP contribution in [0.25, 0.3) is 11.0 Å². The molecular weight excluding hydrogens is 321 g/mol. The number of aromatic amines is 1. The van der Waals surface area contributed by atoms with Gasteiger partial charge in [0.2, 0.25) is 0 Å². The molecule has 0 aliphatic heterocycles. The molecule has 0 aliphatic rings. The van der Waals surface area contributed by atoms with Gasteiger partial charge in [-0.3, -0.25) is 4.79 Å². The average Bonchev–Trinajstić information content (AvgIpc) is 3.08. The van der Waals surface area contributed by atoms with Gasteiger partial charge in [-0.2, -0.15) is 0 Å². The number of benzene rings is 2. The molecule has 0 unspecified atom stereocenters. The molecule has 0 bridgehead atoms. The lowest BCUT2D eigenvalue weighted by Crippen LogP contribution is -2.26. The maximum absolute atomic E-state index is 13.7. The predicted octanol–water partition coefficient (Wildman–Crippen LogP) is 3.54. The molecule has 3 rings (SSSR count). The molecule has 0 spiro atoms. The minimum Gasteiger partial charge on any atom is -0.490 e. The van der Waals surface area contributed by atoms with Crippen LogP contribution in [-0.4, -0.2) is 34.4 Å². The molecule has 25 heavy (non-hydrogen) atoms. The Labute approximate surface area is 144 Å². The van der Waals surface area contributed by atoms with Crippen molar-refractivity contribution in [3.63, 3.8) is 0 Å². The Morgan fingerprint density at radius 2 is 2.12 bits per heavy atom. The van der Waals surface area contributed by atoms with E-state index in [1.807, 2.05) is 24.3 Å². The van der Waals surface area contributed by atoms with Gasteiger partial charge in [-0.1, -0.05) is 24.8 Å². The molecule has 1 N–H and O–H groups in total. The standard InChI is InChI=1S/C19H18FN3O2/c1-3-8-25-15-6-4-13(5-7-15)11-23(2)19(24)16-9-14(20)10-17-18(16)22-12-21-17/h3-7,9-10,12H,1,8,11H2,2H3,(H,21,22). The van der Waals surface area contributed by atoms with E-state index in [2.05, 4.69) is 16.5 Å². The van der Waals surface area contributed by atoms with Crippen LogP contribution in [0.1, 0.15) is 15.9 Å². The van der Waals surface area contributed by atoms with E-state index in [-0.39, 0.29) is 11.5 Å². The minimum absolute atomic E-state index is 0.240. The largest absolute Gasteiger partial charge is 0.490 e. The highest BCUT2D eigenvalue weighted by atomic mass is 19.1. The van der Waals surface area contributed by atoms with Crippen LogP contribution in [0.15, 0.2) is 55.4 Å². The van der Waals surface area contributed by atoms with Crippen molar-refractivity contribution in [3.05, 3.63) is 72.3 Å². The number of rotatable bonds is 6. The van der Waals surface area contributed by atoms with Gasteiger partial charge in [0.15, 0.2) is 0 Å². The van der Waals surface area contributed by atoms with Crippen LogP contribution in [0, 0.1) is 5.82 Å². The predicted molar refractivity (Wildman–Crippen MR) is 94.0 cm³/mol. The summed E-state index contributed by atoms with van der Waals surface area (Å²) in [7, 11) is 1.67. The number of ether oxygens (including phenoxy) is 1. The van der Waals surface area contributed by atoms with Crippen LogP contribution in [0.3, 0.4) is 0 Å². The number of nitrogens with zero attached hydrogens (tertiary/aromatic N) is 2. The van der Waals surface area contributed by atoms with Crippen molar-refractivity contribution in [2.45, 2.75) is 6.54 Å². The quantitative estimate of drug-likeness (QED) is 0.699. The first-order valence-electron chi connectivity index (χ1n) is 7.79. The first kappa shape index (κ1) is 16.7. The molecule has 0 radical (unpaired) electrons. The van der Waals surface area contributed by atoms with E-state index in [1.165, 1.54) is 23.4 Å². The van der Waals surface area contributed by atoms with Crippen LogP contribution in [-0.2, 0) is 6.54 Å². The number of nitrogens with one attached hydrogen (secondary N) is 1. The molecule has 1 heterocycles. The van der Waals surface area contributed by atoms with Crippen molar-refractivity contribution < 1.29 is 13.9 Å². The minimum atomic E-state index is -0.475. The molecule has 0 atom stereocenters. The Morgan fingerprint density at radius 1 is 1.36 bits per heavy atom. The summed E-state index contributed by atoms with van der Waals surface area (Å²) in [4.78, 5) is 21.2. The van der Waals surface area contributed by atoms with E-state index in [9.17, 15) is 9.18 Å². The van der Waals surface area contributed by atoms with Gasteiger partial charge in [0.1, 0.15) is 23.7 Å². The maximum atomic E-state index is 13.7. The van der Waals surface area contributed by atoms with Crippen molar-refractivity contribution in [2.24, 2.45) is 0 Å². The Hall–Kier alpha value is -3.15. The van der Waals surface area contributed by atoms with E-state index >= 15 is 0 Å². The molecule has 0 saturated carbocycles. The second-order valence-electron chi connectivity index (χ2n) is 5.66. The van der Waals surface area contributed by atoms with Gasteiger partial charge in [-0.05, 0) is 29.8 Å². The zero-order valence-corrected chi connectivity index (χ0v) is 13.8. The molecule has 0 fully saturated rings. The number of hydrogen-bond acceptors (Lipinski definition) is 3. The number of hydrogen-bond donors (Lipinski definition) is 1. The summed E-state index contributed by atoms with van der Waals surface area (Å²) in [5.41, 5.74) is 2.15. The maximum Gasteiger partial charge on any atom is 0.256 e. The van der Waals surface area contributed by atoms with Crippen molar-refractivity contribution in [1.29, 1.82) is 0 Å². The Bertz CT molecular complexity index is 903. The summed E-state index contributed by atoms with van der Waals surface area (Å²) < 4.78 is 19.2. The number of imidazole rings is 1. The molecular formula is C19H18FN3O2. The Morgan fingerprint density at radius 3 is 2.84 bits per heavy atom. The molecule has 1 aromatic heterocycles. The van der Waals surface area contributed by atoms with E-state index in [4.69, 9.17) is 4.74 Å². The molecule has 1 amide bonds. The van der Waals surface area contributed by atoms with Crippen LogP contribution in [0.4, 0.5) is 4.39 Å². The number of carbonyl (C=O) groups is 1. The molecule has 5 nitrogen and oxygen atoms in total. The molecule has 128 valence electrons. The van der Waals surface area contributed by atoms with Gasteiger partial charge in [-0.25, -0.2) is 9.37 Å². The number of amides is 1. The summed E-state index contributed by atoms with van der Waals surface area (Å²) in [5, 5.41) is 0. The monoisotopic (exact) mass is 339 g/mol. The van der Waals surface area contributed by atoms with Crippen LogP contribution < -0.4 is 4.74 Å². The smallest absolute Gasteiger partial charge is 0.256 e. The fourth-order valence-electron chi connectivity index (χ4n) is 2.58. The topological polar surface area (TPSA) is 58.2 Å². The number of H-pyrrole nitrogens is 1. The van der Waals surface area contributed by atoms with Crippen molar-refractivity contribution in [1.82, 2.24) is 14.9 Å². The SMILES string of the molecule is C=CCOc1ccc(CN(C)C(=O)c2cc(F)cc3[nH]cnc23)cc1. The summed E-state index contributed by atoms with van der Waals surface area (Å²) >= 11 is 0. The van der Waals surface area contributed by atoms with Gasteiger partial charge in [-0.15, -0.1) is 0 Å². The normalized spacial score (nSPS) is 10.6. The second kappa shape index (κ2) is 7.17. The van der Waals surface area contributed by atoms with Gasteiger partial charge in [0, 0.05) is 13.6 Å². The molecule has 3 aromatic rings. The van der Waals surface area contributed by atoms with Crippen molar-refractivity contribution >= 4 is 16.9 Å². The summed E-state index contributed by atoms with van der Waals surface area (Å²) in [5.74, 6) is -0.0261. The lowest BCUT2D eigenvalue weighted by Gasteiger charge is -2.18.